The van der Waals surface area contributed by atoms with Crippen LogP contribution in [0.5, 0.6) is 0 Å². The normalized spacial score (nSPS) is 11.6. The van der Waals surface area contributed by atoms with Crippen LogP contribution in [0.2, 0.25) is 0 Å². The van der Waals surface area contributed by atoms with Crippen LogP contribution in [0.4, 0.5) is 0 Å². The van der Waals surface area contributed by atoms with Crippen molar-refractivity contribution in [2.75, 3.05) is 46.9 Å². The summed E-state index contributed by atoms with van der Waals surface area (Å²) >= 11 is 0. The van der Waals surface area contributed by atoms with E-state index in [2.05, 4.69) is 37.6 Å². The lowest BCUT2D eigenvalue weighted by Gasteiger charge is -2.29. The summed E-state index contributed by atoms with van der Waals surface area (Å²) in [7, 11) is 4.05. The van der Waals surface area contributed by atoms with E-state index in [0.29, 0.717) is 30.7 Å². The van der Waals surface area contributed by atoms with Crippen molar-refractivity contribution in [3.63, 3.8) is 0 Å². The summed E-state index contributed by atoms with van der Waals surface area (Å²) in [5.74, 6) is 0.643. The van der Waals surface area contributed by atoms with Gasteiger partial charge in [0.1, 0.15) is 0 Å². The molecule has 0 saturated carbocycles. The predicted octanol–water partition coefficient (Wildman–Crippen LogP) is 12.5. The van der Waals surface area contributed by atoms with Crippen LogP contribution in [0.3, 0.4) is 0 Å². The minimum atomic E-state index is 0.205. The fraction of sp³-hybridized carbons (Fsp3) is 0.957. The lowest BCUT2D eigenvalue weighted by molar-refractivity contribution is -0.132. The van der Waals surface area contributed by atoms with Gasteiger partial charge < -0.3 is 19.8 Å². The van der Waals surface area contributed by atoms with Crippen molar-refractivity contribution in [1.82, 2.24) is 14.7 Å². The number of aliphatic hydroxyl groups excluding tert-OH is 1. The predicted molar refractivity (Wildman–Crippen MR) is 227 cm³/mol. The van der Waals surface area contributed by atoms with Crippen molar-refractivity contribution < 1.29 is 14.7 Å². The molecule has 0 aromatic carbocycles. The Labute approximate surface area is 326 Å². The molecule has 0 rings (SSSR count). The Balaban J connectivity index is 4.14. The number of unbranched alkanes of at least 4 members (excludes halogenated alkanes) is 24. The highest BCUT2D eigenvalue weighted by Crippen LogP contribution is 2.20. The fourth-order valence-corrected chi connectivity index (χ4v) is 7.61. The molecule has 1 N–H and O–H groups in total. The van der Waals surface area contributed by atoms with E-state index in [1.54, 1.807) is 0 Å². The second kappa shape index (κ2) is 39.6. The molecule has 0 atom stereocenters. The molecule has 0 aliphatic rings. The lowest BCUT2D eigenvalue weighted by atomic mass is 9.98. The molecular formula is C46H93N3O3. The van der Waals surface area contributed by atoms with E-state index >= 15 is 0 Å². The number of amides is 2. The molecule has 0 saturated heterocycles. The van der Waals surface area contributed by atoms with Gasteiger partial charge in [0.15, 0.2) is 0 Å². The summed E-state index contributed by atoms with van der Waals surface area (Å²) in [5.41, 5.74) is 0. The number of carbonyl (C=O) groups is 2. The van der Waals surface area contributed by atoms with Gasteiger partial charge in [-0.25, -0.2) is 0 Å². The van der Waals surface area contributed by atoms with Crippen LogP contribution in [0.15, 0.2) is 0 Å². The van der Waals surface area contributed by atoms with Gasteiger partial charge in [-0.2, -0.15) is 0 Å². The minimum Gasteiger partial charge on any atom is -0.395 e. The van der Waals surface area contributed by atoms with Crippen LogP contribution in [-0.2, 0) is 9.59 Å². The van der Waals surface area contributed by atoms with E-state index in [1.165, 1.54) is 154 Å². The molecule has 0 radical (unpaired) electrons. The average Bonchev–Trinajstić information content (AvgIpc) is 3.14. The van der Waals surface area contributed by atoms with E-state index in [4.69, 9.17) is 0 Å². The molecule has 0 aromatic heterocycles. The van der Waals surface area contributed by atoms with Crippen molar-refractivity contribution in [2.45, 2.75) is 239 Å². The molecule has 0 unspecified atom stereocenters. The summed E-state index contributed by atoms with van der Waals surface area (Å²) in [5, 5.41) is 9.60. The number of carbonyl (C=O) groups excluding carboxylic acids is 2. The Morgan fingerprint density at radius 3 is 1.21 bits per heavy atom. The van der Waals surface area contributed by atoms with Gasteiger partial charge in [-0.3, -0.25) is 9.59 Å². The molecule has 0 aliphatic carbocycles. The summed E-state index contributed by atoms with van der Waals surface area (Å²) in [6.45, 7) is 10.7. The molecule has 0 heterocycles. The quantitative estimate of drug-likeness (QED) is 0.0635. The van der Waals surface area contributed by atoms with E-state index < -0.39 is 0 Å². The van der Waals surface area contributed by atoms with Crippen LogP contribution < -0.4 is 0 Å². The standard InChI is InChI=1S/C46H93N3O3/c1-6-9-12-15-18-19-20-25-32-39-47(4)45(51)37-31-27-34-41-49(42-43-50)40-33-26-21-24-30-38-46(52)48(5)44(35-28-22-16-13-10-7-2)36-29-23-17-14-11-8-3/h44,50H,6-43H2,1-5H3. The zero-order chi connectivity index (χ0) is 38.3. The minimum absolute atomic E-state index is 0.205. The van der Waals surface area contributed by atoms with Gasteiger partial charge in [-0.1, -0.05) is 175 Å². The molecule has 6 heteroatoms. The smallest absolute Gasteiger partial charge is 0.222 e. The summed E-state index contributed by atoms with van der Waals surface area (Å²) < 4.78 is 0. The average molecular weight is 736 g/mol. The Hall–Kier alpha value is -1.14. The Bertz CT molecular complexity index is 747. The van der Waals surface area contributed by atoms with E-state index in [9.17, 15) is 14.7 Å². The highest BCUT2D eigenvalue weighted by molar-refractivity contribution is 5.76. The maximum Gasteiger partial charge on any atom is 0.222 e. The van der Waals surface area contributed by atoms with Crippen LogP contribution in [0.1, 0.15) is 233 Å². The maximum atomic E-state index is 13.2. The lowest BCUT2D eigenvalue weighted by Crippen LogP contribution is -2.37. The van der Waals surface area contributed by atoms with E-state index in [0.717, 1.165) is 71.1 Å². The first-order chi connectivity index (χ1) is 25.4. The maximum absolute atomic E-state index is 13.2. The third-order valence-electron chi connectivity index (χ3n) is 11.4. The van der Waals surface area contributed by atoms with Gasteiger partial charge in [-0.15, -0.1) is 0 Å². The topological polar surface area (TPSA) is 64.1 Å². The molecule has 0 bridgehead atoms. The van der Waals surface area contributed by atoms with Crippen molar-refractivity contribution in [2.24, 2.45) is 0 Å². The van der Waals surface area contributed by atoms with Gasteiger partial charge >= 0.3 is 0 Å². The van der Waals surface area contributed by atoms with Gasteiger partial charge in [0.25, 0.3) is 0 Å². The summed E-state index contributed by atoms with van der Waals surface area (Å²) in [6.07, 6.45) is 40.1. The summed E-state index contributed by atoms with van der Waals surface area (Å²) in [4.78, 5) is 32.2. The van der Waals surface area contributed by atoms with Crippen molar-refractivity contribution in [3.8, 4) is 0 Å². The van der Waals surface area contributed by atoms with Crippen LogP contribution in [0.25, 0.3) is 0 Å². The monoisotopic (exact) mass is 736 g/mol. The highest BCUT2D eigenvalue weighted by atomic mass is 16.3. The fourth-order valence-electron chi connectivity index (χ4n) is 7.61. The Morgan fingerprint density at radius 2 is 0.769 bits per heavy atom. The van der Waals surface area contributed by atoms with Crippen LogP contribution in [0, 0.1) is 0 Å². The Morgan fingerprint density at radius 1 is 0.423 bits per heavy atom. The van der Waals surface area contributed by atoms with Gasteiger partial charge in [0.2, 0.25) is 11.8 Å². The zero-order valence-corrected chi connectivity index (χ0v) is 36.1. The molecule has 0 spiro atoms. The van der Waals surface area contributed by atoms with Gasteiger partial charge in [-0.05, 0) is 58.0 Å². The van der Waals surface area contributed by atoms with Crippen molar-refractivity contribution in [1.29, 1.82) is 0 Å². The molecule has 0 aromatic rings. The van der Waals surface area contributed by atoms with Crippen LogP contribution >= 0.6 is 0 Å². The Kier molecular flexibility index (Phi) is 38.7. The molecule has 6 nitrogen and oxygen atoms in total. The number of rotatable bonds is 41. The van der Waals surface area contributed by atoms with Gasteiger partial charge in [0, 0.05) is 46.1 Å². The first-order valence-corrected chi connectivity index (χ1v) is 23.2. The number of hydrogen-bond donors (Lipinski definition) is 1. The first-order valence-electron chi connectivity index (χ1n) is 23.2. The van der Waals surface area contributed by atoms with Crippen molar-refractivity contribution in [3.05, 3.63) is 0 Å². The van der Waals surface area contributed by atoms with Gasteiger partial charge in [0.05, 0.1) is 6.61 Å². The SMILES string of the molecule is CCCCCCCCCCCN(C)C(=O)CCCCCN(CCO)CCCCCCCC(=O)N(C)C(CCCCCCCC)CCCCCCCC. The third kappa shape index (κ3) is 32.3. The number of nitrogens with zero attached hydrogens (tertiary/aromatic N) is 3. The molecular weight excluding hydrogens is 643 g/mol. The van der Waals surface area contributed by atoms with Crippen molar-refractivity contribution >= 4 is 11.8 Å². The third-order valence-corrected chi connectivity index (χ3v) is 11.4. The zero-order valence-electron chi connectivity index (χ0n) is 36.1. The van der Waals surface area contributed by atoms with E-state index in [1.807, 2.05) is 11.9 Å². The number of hydrogen-bond acceptors (Lipinski definition) is 4. The van der Waals surface area contributed by atoms with E-state index in [-0.39, 0.29) is 6.61 Å². The first kappa shape index (κ1) is 50.9. The van der Waals surface area contributed by atoms with Crippen LogP contribution in [-0.4, -0.2) is 84.5 Å². The number of aliphatic hydroxyl groups is 1. The molecule has 52 heavy (non-hydrogen) atoms. The largest absolute Gasteiger partial charge is 0.395 e. The molecule has 310 valence electrons. The molecule has 0 aliphatic heterocycles. The molecule has 0 fully saturated rings. The second-order valence-corrected chi connectivity index (χ2v) is 16.3. The summed E-state index contributed by atoms with van der Waals surface area (Å²) in [6, 6.07) is 0.415. The highest BCUT2D eigenvalue weighted by Gasteiger charge is 2.19. The molecule has 2 amide bonds. The second-order valence-electron chi connectivity index (χ2n) is 16.3.